The predicted octanol–water partition coefficient (Wildman–Crippen LogP) is 4.66. The molecule has 1 aromatic carbocycles. The molecule has 0 unspecified atom stereocenters. The lowest BCUT2D eigenvalue weighted by atomic mass is 9.95. The highest BCUT2D eigenvalue weighted by molar-refractivity contribution is 6.30. The molecule has 0 aromatic heterocycles. The highest BCUT2D eigenvalue weighted by Crippen LogP contribution is 2.22. The quantitative estimate of drug-likeness (QED) is 0.598. The van der Waals surface area contributed by atoms with Crippen molar-refractivity contribution in [2.24, 2.45) is 0 Å². The summed E-state index contributed by atoms with van der Waals surface area (Å²) in [4.78, 5) is 31.1. The fourth-order valence-corrected chi connectivity index (χ4v) is 3.01. The fraction of sp³-hybridized carbons (Fsp3) is 0.500. The van der Waals surface area contributed by atoms with Gasteiger partial charge in [0, 0.05) is 23.8 Å². The molecule has 0 aliphatic heterocycles. The van der Waals surface area contributed by atoms with Crippen molar-refractivity contribution in [3.05, 3.63) is 41.6 Å². The van der Waals surface area contributed by atoms with Crippen LogP contribution in [0.4, 0.5) is 15.3 Å². The summed E-state index contributed by atoms with van der Waals surface area (Å²) in [5, 5.41) is 6.21. The average molecular weight is 409 g/mol. The van der Waals surface area contributed by atoms with Gasteiger partial charge in [-0.15, -0.1) is 0 Å². The minimum Gasteiger partial charge on any atom is -0.335 e. The topological polar surface area (TPSA) is 82.7 Å². The van der Waals surface area contributed by atoms with Gasteiger partial charge in [-0.05, 0) is 51.0 Å². The van der Waals surface area contributed by atoms with Crippen molar-refractivity contribution in [3.63, 3.8) is 0 Å². The monoisotopic (exact) mass is 408 g/mol. The van der Waals surface area contributed by atoms with Gasteiger partial charge in [-0.1, -0.05) is 37.4 Å². The van der Waals surface area contributed by atoms with E-state index in [1.54, 1.807) is 36.2 Å². The molecule has 1 aromatic rings. The molecule has 2 rings (SSSR count). The van der Waals surface area contributed by atoms with Crippen molar-refractivity contribution in [2.45, 2.75) is 57.5 Å². The first-order valence-corrected chi connectivity index (χ1v) is 9.81. The summed E-state index contributed by atoms with van der Waals surface area (Å²) in [5.74, 6) is 0. The van der Waals surface area contributed by atoms with Gasteiger partial charge >= 0.3 is 12.1 Å². The third kappa shape index (κ3) is 6.05. The summed E-state index contributed by atoms with van der Waals surface area (Å²) in [7, 11) is 1.69. The van der Waals surface area contributed by atoms with Gasteiger partial charge in [0.2, 0.25) is 0 Å². The lowest BCUT2D eigenvalue weighted by molar-refractivity contribution is 0.0967. The van der Waals surface area contributed by atoms with E-state index in [0.717, 1.165) is 25.7 Å². The van der Waals surface area contributed by atoms with E-state index in [9.17, 15) is 9.59 Å². The van der Waals surface area contributed by atoms with Gasteiger partial charge in [-0.25, -0.2) is 15.1 Å². The van der Waals surface area contributed by atoms with Gasteiger partial charge in [-0.3, -0.25) is 5.32 Å². The van der Waals surface area contributed by atoms with E-state index >= 15 is 0 Å². The van der Waals surface area contributed by atoms with E-state index in [0.29, 0.717) is 16.4 Å². The van der Waals surface area contributed by atoms with E-state index in [2.05, 4.69) is 22.7 Å². The second-order valence-electron chi connectivity index (χ2n) is 7.50. The first-order chi connectivity index (χ1) is 13.2. The van der Waals surface area contributed by atoms with Gasteiger partial charge in [0.15, 0.2) is 0 Å². The zero-order chi connectivity index (χ0) is 20.7. The van der Waals surface area contributed by atoms with Crippen LogP contribution in [0.1, 0.15) is 46.0 Å². The number of benzene rings is 1. The number of carbonyl (C=O) groups excluding carboxylic acids is 2. The van der Waals surface area contributed by atoms with Crippen molar-refractivity contribution in [1.82, 2.24) is 15.7 Å². The Bertz CT molecular complexity index is 700. The molecule has 8 heteroatoms. The maximum Gasteiger partial charge on any atom is 0.435 e. The molecular weight excluding hydrogens is 380 g/mol. The van der Waals surface area contributed by atoms with Gasteiger partial charge < -0.3 is 15.1 Å². The molecule has 0 atom stereocenters. The fourth-order valence-electron chi connectivity index (χ4n) is 2.88. The van der Waals surface area contributed by atoms with Gasteiger partial charge in [0.1, 0.15) is 0 Å². The second-order valence-corrected chi connectivity index (χ2v) is 7.94. The number of anilines is 1. The Labute approximate surface area is 171 Å². The third-order valence-electron chi connectivity index (χ3n) is 5.17. The molecule has 3 amide bonds. The zero-order valence-electron chi connectivity index (χ0n) is 16.7. The van der Waals surface area contributed by atoms with Crippen LogP contribution < -0.4 is 16.1 Å². The molecule has 154 valence electrons. The summed E-state index contributed by atoms with van der Waals surface area (Å²) in [6, 6.07) is 6.67. The van der Waals surface area contributed by atoms with Crippen molar-refractivity contribution in [2.75, 3.05) is 12.4 Å². The van der Waals surface area contributed by atoms with Crippen LogP contribution in [0.15, 0.2) is 36.5 Å². The summed E-state index contributed by atoms with van der Waals surface area (Å²) >= 11 is 5.81. The standard InChI is InChI=1S/C20H29ClN4O3/c1-14(24-28-19(27)23-17-12-10-15(21)11-13-17)20(2,3)25(4)18(26)22-16-8-6-5-7-9-16/h10-13,16,24H,1,5-9H2,2-4H3,(H,22,26)(H,23,27). The minimum absolute atomic E-state index is 0.175. The minimum atomic E-state index is -0.778. The lowest BCUT2D eigenvalue weighted by Gasteiger charge is -2.38. The molecule has 3 N–H and O–H groups in total. The van der Waals surface area contributed by atoms with E-state index in [1.807, 2.05) is 13.8 Å². The SMILES string of the molecule is C=C(NOC(=O)Nc1ccc(Cl)cc1)C(C)(C)N(C)C(=O)NC1CCCCC1. The summed E-state index contributed by atoms with van der Waals surface area (Å²) in [5.41, 5.74) is 2.68. The smallest absolute Gasteiger partial charge is 0.335 e. The highest BCUT2D eigenvalue weighted by Gasteiger charge is 2.32. The number of likely N-dealkylation sites (N-methyl/N-ethyl adjacent to an activating group) is 1. The summed E-state index contributed by atoms with van der Waals surface area (Å²) in [6.07, 6.45) is 4.82. The number of halogens is 1. The molecule has 0 bridgehead atoms. The summed E-state index contributed by atoms with van der Waals surface area (Å²) < 4.78 is 0. The van der Waals surface area contributed by atoms with Crippen molar-refractivity contribution < 1.29 is 14.4 Å². The van der Waals surface area contributed by atoms with Crippen molar-refractivity contribution in [3.8, 4) is 0 Å². The van der Waals surface area contributed by atoms with Crippen LogP contribution >= 0.6 is 11.6 Å². The summed E-state index contributed by atoms with van der Waals surface area (Å²) in [6.45, 7) is 7.56. The Morgan fingerprint density at radius 1 is 1.18 bits per heavy atom. The Morgan fingerprint density at radius 2 is 1.79 bits per heavy atom. The van der Waals surface area contributed by atoms with Crippen LogP contribution in [0.2, 0.25) is 5.02 Å². The van der Waals surface area contributed by atoms with Crippen LogP contribution in [0.25, 0.3) is 0 Å². The number of rotatable bonds is 6. The Kier molecular flexibility index (Phi) is 7.57. The average Bonchev–Trinajstić information content (AvgIpc) is 2.68. The van der Waals surface area contributed by atoms with Crippen LogP contribution in [0.5, 0.6) is 0 Å². The molecule has 7 nitrogen and oxygen atoms in total. The maximum absolute atomic E-state index is 12.6. The Morgan fingerprint density at radius 3 is 2.39 bits per heavy atom. The predicted molar refractivity (Wildman–Crippen MR) is 111 cm³/mol. The number of hydrogen-bond donors (Lipinski definition) is 3. The number of nitrogens with zero attached hydrogens (tertiary/aromatic N) is 1. The molecule has 0 saturated heterocycles. The van der Waals surface area contributed by atoms with Crippen LogP contribution in [0.3, 0.4) is 0 Å². The second kappa shape index (κ2) is 9.68. The number of hydroxylamine groups is 1. The lowest BCUT2D eigenvalue weighted by Crippen LogP contribution is -2.54. The zero-order valence-corrected chi connectivity index (χ0v) is 17.4. The Hall–Kier alpha value is -2.41. The maximum atomic E-state index is 12.6. The van der Waals surface area contributed by atoms with E-state index < -0.39 is 11.6 Å². The number of hydrogen-bond acceptors (Lipinski definition) is 4. The number of urea groups is 1. The number of carbonyl (C=O) groups is 2. The van der Waals surface area contributed by atoms with E-state index in [1.165, 1.54) is 6.42 Å². The van der Waals surface area contributed by atoms with Crippen molar-refractivity contribution >= 4 is 29.4 Å². The molecule has 1 saturated carbocycles. The number of nitrogens with one attached hydrogen (secondary N) is 3. The normalized spacial score (nSPS) is 14.7. The Balaban J connectivity index is 1.83. The molecule has 0 heterocycles. The van der Waals surface area contributed by atoms with Crippen LogP contribution in [-0.4, -0.2) is 35.7 Å². The molecule has 1 fully saturated rings. The third-order valence-corrected chi connectivity index (χ3v) is 5.42. The van der Waals surface area contributed by atoms with Crippen LogP contribution in [-0.2, 0) is 4.84 Å². The van der Waals surface area contributed by atoms with Gasteiger partial charge in [0.05, 0.1) is 11.2 Å². The molecule has 0 radical (unpaired) electrons. The first-order valence-electron chi connectivity index (χ1n) is 9.43. The van der Waals surface area contributed by atoms with Gasteiger partial charge in [-0.2, -0.15) is 0 Å². The first kappa shape index (κ1) is 21.9. The highest BCUT2D eigenvalue weighted by atomic mass is 35.5. The van der Waals surface area contributed by atoms with Crippen LogP contribution in [0, 0.1) is 0 Å². The molecule has 0 spiro atoms. The molecular formula is C20H29ClN4O3. The van der Waals surface area contributed by atoms with E-state index in [4.69, 9.17) is 16.4 Å². The largest absolute Gasteiger partial charge is 0.435 e. The molecule has 28 heavy (non-hydrogen) atoms. The molecule has 1 aliphatic rings. The molecule has 1 aliphatic carbocycles. The number of amides is 3. The van der Waals surface area contributed by atoms with E-state index in [-0.39, 0.29) is 12.1 Å². The van der Waals surface area contributed by atoms with Crippen molar-refractivity contribution in [1.29, 1.82) is 0 Å². The van der Waals surface area contributed by atoms with Gasteiger partial charge in [0.25, 0.3) is 0 Å².